The molecule has 0 heterocycles. The van der Waals surface area contributed by atoms with E-state index in [0.29, 0.717) is 10.8 Å². The molecule has 0 radical (unpaired) electrons. The maximum atomic E-state index is 9.82. The highest BCUT2D eigenvalue weighted by atomic mass is 16.4. The Kier molecular flexibility index (Phi) is 2.52. The molecule has 0 aliphatic heterocycles. The average molecular weight is 252 g/mol. The van der Waals surface area contributed by atoms with E-state index in [4.69, 9.17) is 10.2 Å². The second-order valence-electron chi connectivity index (χ2n) is 7.11. The van der Waals surface area contributed by atoms with E-state index in [0.717, 1.165) is 24.2 Å². The number of hydrogen-bond acceptors (Lipinski definition) is 3. The highest BCUT2D eigenvalue weighted by Gasteiger charge is 2.80. The van der Waals surface area contributed by atoms with Crippen LogP contribution in [0.5, 0.6) is 0 Å². The second-order valence-corrected chi connectivity index (χ2v) is 7.11. The smallest absolute Gasteiger partial charge is 0.129 e. The number of rotatable bonds is 5. The van der Waals surface area contributed by atoms with Crippen LogP contribution in [0.15, 0.2) is 12.2 Å². The Morgan fingerprint density at radius 3 is 2.11 bits per heavy atom. The van der Waals surface area contributed by atoms with Crippen molar-refractivity contribution in [3.05, 3.63) is 12.2 Å². The third-order valence-electron chi connectivity index (χ3n) is 6.64. The SMILES string of the molecule is CC12C3CC(CC31)[C@@]2(C)C/C=C/C(O)(CO)CO. The lowest BCUT2D eigenvalue weighted by atomic mass is 9.71. The summed E-state index contributed by atoms with van der Waals surface area (Å²) >= 11 is 0. The van der Waals surface area contributed by atoms with Gasteiger partial charge in [0.2, 0.25) is 0 Å². The normalized spacial score (nSPS) is 49.3. The van der Waals surface area contributed by atoms with E-state index in [2.05, 4.69) is 13.8 Å². The van der Waals surface area contributed by atoms with E-state index >= 15 is 0 Å². The van der Waals surface area contributed by atoms with Crippen molar-refractivity contribution in [1.82, 2.24) is 0 Å². The van der Waals surface area contributed by atoms with Gasteiger partial charge in [-0.2, -0.15) is 0 Å². The van der Waals surface area contributed by atoms with E-state index < -0.39 is 18.8 Å². The van der Waals surface area contributed by atoms with E-state index in [1.54, 1.807) is 6.08 Å². The first kappa shape index (κ1) is 12.6. The van der Waals surface area contributed by atoms with Gasteiger partial charge in [-0.3, -0.25) is 0 Å². The van der Waals surface area contributed by atoms with Crippen LogP contribution in [0.25, 0.3) is 0 Å². The largest absolute Gasteiger partial charge is 0.393 e. The summed E-state index contributed by atoms with van der Waals surface area (Å²) in [4.78, 5) is 0. The van der Waals surface area contributed by atoms with Gasteiger partial charge < -0.3 is 15.3 Å². The Morgan fingerprint density at radius 2 is 1.72 bits per heavy atom. The van der Waals surface area contributed by atoms with Crippen molar-refractivity contribution in [2.24, 2.45) is 28.6 Å². The molecule has 0 saturated heterocycles. The van der Waals surface area contributed by atoms with Crippen molar-refractivity contribution >= 4 is 0 Å². The van der Waals surface area contributed by atoms with Gasteiger partial charge >= 0.3 is 0 Å². The fraction of sp³-hybridized carbons (Fsp3) is 0.867. The van der Waals surface area contributed by atoms with Crippen LogP contribution >= 0.6 is 0 Å². The van der Waals surface area contributed by atoms with Crippen molar-refractivity contribution in [1.29, 1.82) is 0 Å². The van der Waals surface area contributed by atoms with Gasteiger partial charge in [-0.15, -0.1) is 0 Å². The summed E-state index contributed by atoms with van der Waals surface area (Å²) in [5.74, 6) is 2.71. The van der Waals surface area contributed by atoms with Crippen LogP contribution in [0.3, 0.4) is 0 Å². The van der Waals surface area contributed by atoms with Gasteiger partial charge in [-0.25, -0.2) is 0 Å². The molecule has 4 rings (SSSR count). The molecule has 4 saturated carbocycles. The van der Waals surface area contributed by atoms with Crippen molar-refractivity contribution in [3.8, 4) is 0 Å². The summed E-state index contributed by atoms with van der Waals surface area (Å²) in [6.45, 7) is 3.95. The maximum Gasteiger partial charge on any atom is 0.129 e. The molecule has 3 nitrogen and oxygen atoms in total. The molecule has 3 atom stereocenters. The summed E-state index contributed by atoms with van der Waals surface area (Å²) in [6, 6.07) is 0. The predicted molar refractivity (Wildman–Crippen MR) is 68.8 cm³/mol. The van der Waals surface area contributed by atoms with Gasteiger partial charge in [0.25, 0.3) is 0 Å². The zero-order valence-electron chi connectivity index (χ0n) is 11.3. The topological polar surface area (TPSA) is 60.7 Å². The maximum absolute atomic E-state index is 9.82. The van der Waals surface area contributed by atoms with Gasteiger partial charge in [-0.05, 0) is 47.8 Å². The van der Waals surface area contributed by atoms with E-state index in [1.807, 2.05) is 6.08 Å². The summed E-state index contributed by atoms with van der Waals surface area (Å²) in [5.41, 5.74) is -0.592. The molecule has 2 unspecified atom stereocenters. The van der Waals surface area contributed by atoms with E-state index in [9.17, 15) is 5.11 Å². The number of aliphatic hydroxyl groups is 3. The van der Waals surface area contributed by atoms with Crippen molar-refractivity contribution in [2.75, 3.05) is 13.2 Å². The monoisotopic (exact) mass is 252 g/mol. The fourth-order valence-corrected chi connectivity index (χ4v) is 5.10. The van der Waals surface area contributed by atoms with Gasteiger partial charge in [0.05, 0.1) is 13.2 Å². The highest BCUT2D eigenvalue weighted by molar-refractivity contribution is 5.29. The Bertz CT molecular complexity index is 373. The lowest BCUT2D eigenvalue weighted by Gasteiger charge is -2.33. The molecule has 0 aromatic rings. The summed E-state index contributed by atoms with van der Waals surface area (Å²) in [7, 11) is 0. The zero-order valence-corrected chi connectivity index (χ0v) is 11.3. The molecule has 0 spiro atoms. The first-order valence-corrected chi connectivity index (χ1v) is 7.03. The van der Waals surface area contributed by atoms with Crippen molar-refractivity contribution in [2.45, 2.75) is 38.7 Å². The van der Waals surface area contributed by atoms with Gasteiger partial charge in [-0.1, -0.05) is 26.0 Å². The molecule has 4 aliphatic carbocycles. The van der Waals surface area contributed by atoms with Crippen LogP contribution in [0.1, 0.15) is 33.1 Å². The van der Waals surface area contributed by atoms with Gasteiger partial charge in [0.15, 0.2) is 0 Å². The van der Waals surface area contributed by atoms with Crippen LogP contribution in [-0.4, -0.2) is 34.1 Å². The Morgan fingerprint density at radius 1 is 1.17 bits per heavy atom. The molecular weight excluding hydrogens is 228 g/mol. The molecule has 4 aliphatic rings. The molecule has 4 bridgehead atoms. The number of allylic oxidation sites excluding steroid dienone is 1. The lowest BCUT2D eigenvalue weighted by Crippen LogP contribution is -2.35. The van der Waals surface area contributed by atoms with Crippen LogP contribution in [0, 0.1) is 28.6 Å². The van der Waals surface area contributed by atoms with Gasteiger partial charge in [0.1, 0.15) is 5.60 Å². The molecule has 0 aromatic carbocycles. The fourth-order valence-electron chi connectivity index (χ4n) is 5.10. The minimum Gasteiger partial charge on any atom is -0.393 e. The Hall–Kier alpha value is -0.380. The first-order valence-electron chi connectivity index (χ1n) is 7.03. The quantitative estimate of drug-likeness (QED) is 0.647. The van der Waals surface area contributed by atoms with Crippen molar-refractivity contribution in [3.63, 3.8) is 0 Å². The molecule has 18 heavy (non-hydrogen) atoms. The average Bonchev–Trinajstić information content (AvgIpc) is 2.73. The van der Waals surface area contributed by atoms with Gasteiger partial charge in [0, 0.05) is 0 Å². The molecule has 3 heteroatoms. The number of aliphatic hydroxyl groups excluding tert-OH is 2. The Balaban J connectivity index is 1.70. The van der Waals surface area contributed by atoms with E-state index in [-0.39, 0.29) is 0 Å². The van der Waals surface area contributed by atoms with Crippen LogP contribution in [0.2, 0.25) is 0 Å². The summed E-state index contributed by atoms with van der Waals surface area (Å²) in [5, 5.41) is 27.9. The minimum atomic E-state index is -1.46. The van der Waals surface area contributed by atoms with Crippen molar-refractivity contribution < 1.29 is 15.3 Å². The Labute approximate surface area is 109 Å². The minimum absolute atomic E-state index is 0.352. The summed E-state index contributed by atoms with van der Waals surface area (Å²) in [6.07, 6.45) is 7.26. The van der Waals surface area contributed by atoms with Crippen LogP contribution in [-0.2, 0) is 0 Å². The molecule has 4 fully saturated rings. The third-order valence-corrected chi connectivity index (χ3v) is 6.64. The molecule has 0 aromatic heterocycles. The first-order chi connectivity index (χ1) is 8.41. The number of hydrogen-bond donors (Lipinski definition) is 3. The zero-order chi connectivity index (χ0) is 13.2. The predicted octanol–water partition coefficient (Wildman–Crippen LogP) is 1.33. The standard InChI is InChI=1S/C15H24O3/c1-13(4-3-5-15(18,8-16)9-17)10-6-11-12(7-10)14(11,13)2/h3,5,10-12,16-18H,4,6-9H2,1-2H3/b5-3+/t10?,11?,12?,13-,14?/m1/s1. The second kappa shape index (κ2) is 3.59. The molecular formula is C15H24O3. The molecule has 0 amide bonds. The lowest BCUT2D eigenvalue weighted by molar-refractivity contribution is -0.0174. The van der Waals surface area contributed by atoms with Crippen LogP contribution in [0.4, 0.5) is 0 Å². The molecule has 102 valence electrons. The van der Waals surface area contributed by atoms with Crippen LogP contribution < -0.4 is 0 Å². The molecule has 3 N–H and O–H groups in total. The third kappa shape index (κ3) is 1.30. The highest BCUT2D eigenvalue weighted by Crippen LogP contribution is 2.86. The van der Waals surface area contributed by atoms with E-state index in [1.165, 1.54) is 12.8 Å². The summed E-state index contributed by atoms with van der Waals surface area (Å²) < 4.78 is 0.